The smallest absolute Gasteiger partial charge is 0.270 e. The zero-order chi connectivity index (χ0) is 20.1. The minimum Gasteiger partial charge on any atom is -0.497 e. The SMILES string of the molecule is COc1ccc(CNC(=O)c2cc(C)nc(Nc3ccc(C)c(C)c3)n2)cc1. The van der Waals surface area contributed by atoms with Crippen LogP contribution in [-0.4, -0.2) is 23.0 Å². The van der Waals surface area contributed by atoms with E-state index in [2.05, 4.69) is 34.4 Å². The van der Waals surface area contributed by atoms with Crippen molar-refractivity contribution in [2.24, 2.45) is 0 Å². The van der Waals surface area contributed by atoms with Gasteiger partial charge in [-0.25, -0.2) is 9.97 Å². The first-order chi connectivity index (χ1) is 13.4. The molecule has 0 bridgehead atoms. The van der Waals surface area contributed by atoms with Crippen LogP contribution in [0.1, 0.15) is 32.9 Å². The van der Waals surface area contributed by atoms with Crippen LogP contribution in [0.3, 0.4) is 0 Å². The summed E-state index contributed by atoms with van der Waals surface area (Å²) >= 11 is 0. The summed E-state index contributed by atoms with van der Waals surface area (Å²) < 4.78 is 5.14. The molecule has 0 fully saturated rings. The number of benzene rings is 2. The third-order valence-electron chi connectivity index (χ3n) is 4.46. The molecule has 3 rings (SSSR count). The fourth-order valence-corrected chi connectivity index (χ4v) is 2.71. The number of aryl methyl sites for hydroxylation is 3. The van der Waals surface area contributed by atoms with Crippen LogP contribution < -0.4 is 15.4 Å². The Bertz CT molecular complexity index is 984. The van der Waals surface area contributed by atoms with Crippen LogP contribution in [0, 0.1) is 20.8 Å². The summed E-state index contributed by atoms with van der Waals surface area (Å²) in [5.41, 5.74) is 5.30. The molecular weight excluding hydrogens is 352 g/mol. The quantitative estimate of drug-likeness (QED) is 0.678. The lowest BCUT2D eigenvalue weighted by molar-refractivity contribution is 0.0945. The number of amides is 1. The van der Waals surface area contributed by atoms with Crippen molar-refractivity contribution in [3.05, 3.63) is 76.6 Å². The molecule has 0 saturated heterocycles. The highest BCUT2D eigenvalue weighted by molar-refractivity contribution is 5.92. The van der Waals surface area contributed by atoms with E-state index in [1.54, 1.807) is 13.2 Å². The number of hydrogen-bond acceptors (Lipinski definition) is 5. The van der Waals surface area contributed by atoms with Crippen molar-refractivity contribution in [1.82, 2.24) is 15.3 Å². The van der Waals surface area contributed by atoms with Crippen molar-refractivity contribution in [2.45, 2.75) is 27.3 Å². The number of anilines is 2. The summed E-state index contributed by atoms with van der Waals surface area (Å²) in [7, 11) is 1.62. The second-order valence-corrected chi connectivity index (χ2v) is 6.67. The van der Waals surface area contributed by atoms with E-state index in [-0.39, 0.29) is 5.91 Å². The number of nitrogens with zero attached hydrogens (tertiary/aromatic N) is 2. The van der Waals surface area contributed by atoms with E-state index >= 15 is 0 Å². The third kappa shape index (κ3) is 4.85. The van der Waals surface area contributed by atoms with Crippen LogP contribution in [0.4, 0.5) is 11.6 Å². The lowest BCUT2D eigenvalue weighted by Gasteiger charge is -2.10. The third-order valence-corrected chi connectivity index (χ3v) is 4.46. The number of carbonyl (C=O) groups is 1. The minimum atomic E-state index is -0.246. The summed E-state index contributed by atoms with van der Waals surface area (Å²) in [4.78, 5) is 21.3. The normalized spacial score (nSPS) is 10.4. The first-order valence-electron chi connectivity index (χ1n) is 9.05. The predicted molar refractivity (Wildman–Crippen MR) is 110 cm³/mol. The molecule has 3 aromatic rings. The zero-order valence-corrected chi connectivity index (χ0v) is 16.5. The van der Waals surface area contributed by atoms with E-state index in [4.69, 9.17) is 4.74 Å². The summed E-state index contributed by atoms with van der Waals surface area (Å²) in [5, 5.41) is 6.07. The first kappa shape index (κ1) is 19.4. The number of nitrogens with one attached hydrogen (secondary N) is 2. The summed E-state index contributed by atoms with van der Waals surface area (Å²) in [6.45, 7) is 6.36. The Labute approximate surface area is 165 Å². The van der Waals surface area contributed by atoms with Gasteiger partial charge in [-0.05, 0) is 67.8 Å². The Morgan fingerprint density at radius 1 is 0.964 bits per heavy atom. The lowest BCUT2D eigenvalue weighted by atomic mass is 10.1. The van der Waals surface area contributed by atoms with E-state index in [0.717, 1.165) is 22.7 Å². The van der Waals surface area contributed by atoms with Crippen LogP contribution in [0.5, 0.6) is 5.75 Å². The van der Waals surface area contributed by atoms with Gasteiger partial charge < -0.3 is 15.4 Å². The van der Waals surface area contributed by atoms with Gasteiger partial charge in [0, 0.05) is 17.9 Å². The molecule has 1 aromatic heterocycles. The van der Waals surface area contributed by atoms with E-state index in [9.17, 15) is 4.79 Å². The van der Waals surface area contributed by atoms with Crippen LogP contribution >= 0.6 is 0 Å². The molecule has 0 saturated carbocycles. The van der Waals surface area contributed by atoms with Crippen LogP contribution in [-0.2, 0) is 6.54 Å². The number of ether oxygens (including phenoxy) is 1. The predicted octanol–water partition coefficient (Wildman–Crippen LogP) is 4.08. The zero-order valence-electron chi connectivity index (χ0n) is 16.5. The molecule has 0 spiro atoms. The van der Waals surface area contributed by atoms with Crippen LogP contribution in [0.25, 0.3) is 0 Å². The summed E-state index contributed by atoms with van der Waals surface area (Å²) in [6.07, 6.45) is 0. The van der Waals surface area contributed by atoms with E-state index < -0.39 is 0 Å². The Hall–Kier alpha value is -3.41. The molecule has 0 aliphatic carbocycles. The lowest BCUT2D eigenvalue weighted by Crippen LogP contribution is -2.24. The number of hydrogen-bond donors (Lipinski definition) is 2. The highest BCUT2D eigenvalue weighted by Crippen LogP contribution is 2.18. The number of rotatable bonds is 6. The monoisotopic (exact) mass is 376 g/mol. The van der Waals surface area contributed by atoms with Crippen molar-refractivity contribution in [2.75, 3.05) is 12.4 Å². The summed E-state index contributed by atoms with van der Waals surface area (Å²) in [6, 6.07) is 15.3. The molecule has 2 aromatic carbocycles. The van der Waals surface area contributed by atoms with Crippen molar-refractivity contribution >= 4 is 17.5 Å². The van der Waals surface area contributed by atoms with Gasteiger partial charge in [0.05, 0.1) is 7.11 Å². The van der Waals surface area contributed by atoms with Crippen molar-refractivity contribution in [3.8, 4) is 5.75 Å². The van der Waals surface area contributed by atoms with Crippen molar-refractivity contribution < 1.29 is 9.53 Å². The van der Waals surface area contributed by atoms with Gasteiger partial charge in [0.1, 0.15) is 11.4 Å². The Kier molecular flexibility index (Phi) is 5.89. The molecule has 0 unspecified atom stereocenters. The number of aromatic nitrogens is 2. The van der Waals surface area contributed by atoms with Crippen molar-refractivity contribution in [3.63, 3.8) is 0 Å². The molecule has 144 valence electrons. The van der Waals surface area contributed by atoms with Gasteiger partial charge in [-0.15, -0.1) is 0 Å². The highest BCUT2D eigenvalue weighted by Gasteiger charge is 2.11. The minimum absolute atomic E-state index is 0.246. The molecule has 0 atom stereocenters. The molecule has 6 heteroatoms. The van der Waals surface area contributed by atoms with Crippen LogP contribution in [0.15, 0.2) is 48.5 Å². The van der Waals surface area contributed by atoms with Gasteiger partial charge in [-0.2, -0.15) is 0 Å². The number of carbonyl (C=O) groups excluding carboxylic acids is 1. The van der Waals surface area contributed by atoms with Crippen LogP contribution in [0.2, 0.25) is 0 Å². The molecule has 6 nitrogen and oxygen atoms in total. The molecule has 1 heterocycles. The number of methoxy groups -OCH3 is 1. The van der Waals surface area contributed by atoms with Gasteiger partial charge in [0.2, 0.25) is 5.95 Å². The highest BCUT2D eigenvalue weighted by atomic mass is 16.5. The molecule has 2 N–H and O–H groups in total. The van der Waals surface area contributed by atoms with E-state index in [1.165, 1.54) is 11.1 Å². The molecule has 0 aliphatic rings. The molecule has 1 amide bonds. The maximum absolute atomic E-state index is 12.5. The van der Waals surface area contributed by atoms with Gasteiger partial charge in [-0.1, -0.05) is 18.2 Å². The van der Waals surface area contributed by atoms with E-state index in [0.29, 0.717) is 18.2 Å². The van der Waals surface area contributed by atoms with Gasteiger partial charge in [-0.3, -0.25) is 4.79 Å². The van der Waals surface area contributed by atoms with Gasteiger partial charge >= 0.3 is 0 Å². The fraction of sp³-hybridized carbons (Fsp3) is 0.227. The average Bonchev–Trinajstić information content (AvgIpc) is 2.69. The Morgan fingerprint density at radius 2 is 1.71 bits per heavy atom. The van der Waals surface area contributed by atoms with Gasteiger partial charge in [0.25, 0.3) is 5.91 Å². The topological polar surface area (TPSA) is 76.1 Å². The second-order valence-electron chi connectivity index (χ2n) is 6.67. The Balaban J connectivity index is 1.70. The second kappa shape index (κ2) is 8.52. The van der Waals surface area contributed by atoms with Crippen molar-refractivity contribution in [1.29, 1.82) is 0 Å². The molecule has 0 aliphatic heterocycles. The molecular formula is C22H24N4O2. The maximum atomic E-state index is 12.5. The summed E-state index contributed by atoms with van der Waals surface area (Å²) in [5.74, 6) is 0.936. The van der Waals surface area contributed by atoms with E-state index in [1.807, 2.05) is 49.4 Å². The first-order valence-corrected chi connectivity index (χ1v) is 9.05. The fourth-order valence-electron chi connectivity index (χ4n) is 2.71. The Morgan fingerprint density at radius 3 is 2.39 bits per heavy atom. The molecule has 28 heavy (non-hydrogen) atoms. The maximum Gasteiger partial charge on any atom is 0.270 e. The average molecular weight is 376 g/mol. The van der Waals surface area contributed by atoms with Gasteiger partial charge in [0.15, 0.2) is 0 Å². The largest absolute Gasteiger partial charge is 0.497 e. The standard InChI is InChI=1S/C22H24N4O2/c1-14-5-8-18(11-15(14)2)25-22-24-16(3)12-20(26-22)21(27)23-13-17-6-9-19(28-4)10-7-17/h5-12H,13H2,1-4H3,(H,23,27)(H,24,25,26). The molecule has 0 radical (unpaired) electrons.